The van der Waals surface area contributed by atoms with Crippen molar-refractivity contribution >= 4 is 10.0 Å². The molecule has 2 heterocycles. The van der Waals surface area contributed by atoms with Crippen LogP contribution in [0.2, 0.25) is 0 Å². The fourth-order valence-electron chi connectivity index (χ4n) is 3.39. The van der Waals surface area contributed by atoms with Gasteiger partial charge in [0.2, 0.25) is 15.9 Å². The van der Waals surface area contributed by atoms with Crippen LogP contribution >= 0.6 is 0 Å². The predicted molar refractivity (Wildman–Crippen MR) is 89.7 cm³/mol. The zero-order chi connectivity index (χ0) is 17.2. The molecule has 136 valence electrons. The fraction of sp³-hybridized carbons (Fsp3) is 0.867. The van der Waals surface area contributed by atoms with Gasteiger partial charge in [0, 0.05) is 25.7 Å². The van der Waals surface area contributed by atoms with Gasteiger partial charge in [-0.2, -0.15) is 4.98 Å². The molecule has 2 fully saturated rings. The van der Waals surface area contributed by atoms with Gasteiger partial charge < -0.3 is 9.84 Å². The lowest BCUT2D eigenvalue weighted by Gasteiger charge is -2.30. The van der Waals surface area contributed by atoms with Crippen LogP contribution in [0.1, 0.15) is 50.4 Å². The van der Waals surface area contributed by atoms with Gasteiger partial charge in [0.05, 0.1) is 6.04 Å². The fourth-order valence-corrected chi connectivity index (χ4v) is 4.66. The first kappa shape index (κ1) is 17.8. The summed E-state index contributed by atoms with van der Waals surface area (Å²) >= 11 is 0. The lowest BCUT2D eigenvalue weighted by Crippen LogP contribution is -2.44. The molecule has 2 N–H and O–H groups in total. The molecule has 3 rings (SSSR count). The highest BCUT2D eigenvalue weighted by Crippen LogP contribution is 2.24. The van der Waals surface area contributed by atoms with E-state index in [2.05, 4.69) is 32.0 Å². The number of aromatic nitrogens is 2. The lowest BCUT2D eigenvalue weighted by atomic mass is 9.88. The zero-order valence-corrected chi connectivity index (χ0v) is 15.2. The zero-order valence-electron chi connectivity index (χ0n) is 14.4. The van der Waals surface area contributed by atoms with Crippen LogP contribution in [0.25, 0.3) is 0 Å². The monoisotopic (exact) mass is 357 g/mol. The molecular weight excluding hydrogens is 330 g/mol. The van der Waals surface area contributed by atoms with E-state index in [0.717, 1.165) is 45.3 Å². The van der Waals surface area contributed by atoms with Gasteiger partial charge in [-0.3, -0.25) is 4.90 Å². The van der Waals surface area contributed by atoms with E-state index in [1.807, 2.05) is 7.05 Å². The average Bonchev–Trinajstić information content (AvgIpc) is 2.97. The van der Waals surface area contributed by atoms with Gasteiger partial charge in [0.15, 0.2) is 5.82 Å². The van der Waals surface area contributed by atoms with Crippen molar-refractivity contribution in [2.24, 2.45) is 5.92 Å². The van der Waals surface area contributed by atoms with Crippen molar-refractivity contribution in [3.63, 3.8) is 0 Å². The predicted octanol–water partition coefficient (Wildman–Crippen LogP) is 0.644. The number of sulfonamides is 1. The Labute approximate surface area is 143 Å². The molecule has 0 amide bonds. The molecule has 8 nitrogen and oxygen atoms in total. The standard InChI is InChI=1S/C15H27N5O3S/c1-11-3-5-12(6-4-11)19-24(21,22)10-14-17-15(18-23-14)13-9-16-7-8-20(13)2/h11-13,16,19H,3-10H2,1-2H3. The first-order chi connectivity index (χ1) is 11.4. The van der Waals surface area contributed by atoms with Crippen LogP contribution in [0.3, 0.4) is 0 Å². The van der Waals surface area contributed by atoms with Crippen LogP contribution in [0, 0.1) is 5.92 Å². The number of hydrogen-bond donors (Lipinski definition) is 2. The Morgan fingerprint density at radius 3 is 2.79 bits per heavy atom. The molecule has 0 aromatic carbocycles. The van der Waals surface area contributed by atoms with Gasteiger partial charge >= 0.3 is 0 Å². The number of rotatable bonds is 5. The molecule has 1 aromatic rings. The lowest BCUT2D eigenvalue weighted by molar-refractivity contribution is 0.190. The van der Waals surface area contributed by atoms with E-state index in [9.17, 15) is 8.42 Å². The number of hydrogen-bond acceptors (Lipinski definition) is 7. The number of likely N-dealkylation sites (N-methyl/N-ethyl adjacent to an activating group) is 1. The Kier molecular flexibility index (Phi) is 5.53. The Bertz CT molecular complexity index is 639. The van der Waals surface area contributed by atoms with E-state index in [1.165, 1.54) is 0 Å². The van der Waals surface area contributed by atoms with Crippen LogP contribution in [-0.2, 0) is 15.8 Å². The number of piperazine rings is 1. The van der Waals surface area contributed by atoms with Crippen molar-refractivity contribution in [1.82, 2.24) is 25.1 Å². The third-order valence-electron chi connectivity index (χ3n) is 4.97. The van der Waals surface area contributed by atoms with E-state index < -0.39 is 10.0 Å². The van der Waals surface area contributed by atoms with Crippen molar-refractivity contribution in [3.8, 4) is 0 Å². The second kappa shape index (κ2) is 7.47. The molecular formula is C15H27N5O3S. The highest BCUT2D eigenvalue weighted by Gasteiger charge is 2.28. The normalized spacial score (nSPS) is 29.7. The molecule has 24 heavy (non-hydrogen) atoms. The van der Waals surface area contributed by atoms with Crippen LogP contribution in [0.15, 0.2) is 4.52 Å². The minimum atomic E-state index is -3.46. The molecule has 1 aromatic heterocycles. The summed E-state index contributed by atoms with van der Waals surface area (Å²) < 4.78 is 32.6. The van der Waals surface area contributed by atoms with E-state index >= 15 is 0 Å². The Morgan fingerprint density at radius 1 is 1.33 bits per heavy atom. The molecule has 0 spiro atoms. The van der Waals surface area contributed by atoms with Crippen molar-refractivity contribution in [2.75, 3.05) is 26.7 Å². The minimum Gasteiger partial charge on any atom is -0.338 e. The summed E-state index contributed by atoms with van der Waals surface area (Å²) in [5.41, 5.74) is 0. The maximum atomic E-state index is 12.3. The Hall–Kier alpha value is -1.03. The van der Waals surface area contributed by atoms with E-state index in [1.54, 1.807) is 0 Å². The first-order valence-electron chi connectivity index (χ1n) is 8.66. The molecule has 1 unspecified atom stereocenters. The van der Waals surface area contributed by atoms with Gasteiger partial charge in [0.25, 0.3) is 0 Å². The highest BCUT2D eigenvalue weighted by atomic mass is 32.2. The van der Waals surface area contributed by atoms with Gasteiger partial charge in [-0.05, 0) is 38.6 Å². The molecule has 9 heteroatoms. The molecule has 1 saturated heterocycles. The smallest absolute Gasteiger partial charge is 0.243 e. The molecule has 2 aliphatic rings. The maximum Gasteiger partial charge on any atom is 0.243 e. The maximum absolute atomic E-state index is 12.3. The van der Waals surface area contributed by atoms with E-state index in [0.29, 0.717) is 11.7 Å². The van der Waals surface area contributed by atoms with Gasteiger partial charge in [-0.25, -0.2) is 13.1 Å². The van der Waals surface area contributed by atoms with Gasteiger partial charge in [-0.15, -0.1) is 0 Å². The summed E-state index contributed by atoms with van der Waals surface area (Å²) in [7, 11) is -1.45. The Balaban J connectivity index is 1.59. The molecule has 1 aliphatic carbocycles. The van der Waals surface area contributed by atoms with E-state index in [-0.39, 0.29) is 23.7 Å². The molecule has 0 radical (unpaired) electrons. The largest absolute Gasteiger partial charge is 0.338 e. The molecule has 1 atom stereocenters. The van der Waals surface area contributed by atoms with Gasteiger partial charge in [-0.1, -0.05) is 12.1 Å². The SMILES string of the molecule is CC1CCC(NS(=O)(=O)Cc2nc(C3CNCCN3C)no2)CC1. The summed E-state index contributed by atoms with van der Waals surface area (Å²) in [5, 5.41) is 7.26. The Morgan fingerprint density at radius 2 is 2.08 bits per heavy atom. The van der Waals surface area contributed by atoms with Gasteiger partial charge in [0.1, 0.15) is 5.75 Å². The van der Waals surface area contributed by atoms with Crippen molar-refractivity contribution < 1.29 is 12.9 Å². The van der Waals surface area contributed by atoms with Crippen LogP contribution < -0.4 is 10.0 Å². The number of nitrogens with zero attached hydrogens (tertiary/aromatic N) is 3. The number of nitrogens with one attached hydrogen (secondary N) is 2. The van der Waals surface area contributed by atoms with Crippen molar-refractivity contribution in [2.45, 2.75) is 50.4 Å². The molecule has 0 bridgehead atoms. The minimum absolute atomic E-state index is 0.0201. The molecule has 1 aliphatic heterocycles. The summed E-state index contributed by atoms with van der Waals surface area (Å²) in [4.78, 5) is 6.44. The third kappa shape index (κ3) is 4.53. The van der Waals surface area contributed by atoms with Crippen molar-refractivity contribution in [3.05, 3.63) is 11.7 Å². The summed E-state index contributed by atoms with van der Waals surface area (Å²) in [6, 6.07) is 0.0500. The van der Waals surface area contributed by atoms with E-state index in [4.69, 9.17) is 4.52 Å². The average molecular weight is 357 g/mol. The van der Waals surface area contributed by atoms with Crippen LogP contribution in [0.4, 0.5) is 0 Å². The molecule has 1 saturated carbocycles. The van der Waals surface area contributed by atoms with Crippen molar-refractivity contribution in [1.29, 1.82) is 0 Å². The third-order valence-corrected chi connectivity index (χ3v) is 6.29. The second-order valence-corrected chi connectivity index (χ2v) is 8.83. The first-order valence-corrected chi connectivity index (χ1v) is 10.3. The summed E-state index contributed by atoms with van der Waals surface area (Å²) in [5.74, 6) is 1.13. The second-order valence-electron chi connectivity index (χ2n) is 7.08. The van der Waals surface area contributed by atoms with Crippen LogP contribution in [-0.4, -0.2) is 56.2 Å². The topological polar surface area (TPSA) is 100 Å². The van der Waals surface area contributed by atoms with Crippen LogP contribution in [0.5, 0.6) is 0 Å². The summed E-state index contributed by atoms with van der Waals surface area (Å²) in [6.45, 7) is 4.77. The quantitative estimate of drug-likeness (QED) is 0.798. The highest BCUT2D eigenvalue weighted by molar-refractivity contribution is 7.88. The summed E-state index contributed by atoms with van der Waals surface area (Å²) in [6.07, 6.45) is 3.93.